The van der Waals surface area contributed by atoms with Crippen LogP contribution < -0.4 is 0 Å². The van der Waals surface area contributed by atoms with Gasteiger partial charge in [-0.05, 0) is 25.1 Å². The Morgan fingerprint density at radius 1 is 1.30 bits per heavy atom. The zero-order valence-electron chi connectivity index (χ0n) is 11.5. The molecule has 112 valence electrons. The average molecular weight is 289 g/mol. The van der Waals surface area contributed by atoms with Gasteiger partial charge in [-0.15, -0.1) is 0 Å². The second kappa shape index (κ2) is 7.28. The Kier molecular flexibility index (Phi) is 6.01. The lowest BCUT2D eigenvalue weighted by Crippen LogP contribution is -2.30. The van der Waals surface area contributed by atoms with E-state index in [0.29, 0.717) is 18.7 Å². The summed E-state index contributed by atoms with van der Waals surface area (Å²) in [6.45, 7) is 4.74. The summed E-state index contributed by atoms with van der Waals surface area (Å²) < 4.78 is 42.7. The predicted molar refractivity (Wildman–Crippen MR) is 69.0 cm³/mol. The minimum Gasteiger partial charge on any atom is -0.465 e. The van der Waals surface area contributed by atoms with Crippen LogP contribution in [0.2, 0.25) is 0 Å². The summed E-state index contributed by atoms with van der Waals surface area (Å²) in [7, 11) is 0. The normalized spacial score (nSPS) is 11.7. The van der Waals surface area contributed by atoms with Crippen LogP contribution in [0, 0.1) is 0 Å². The molecule has 0 radical (unpaired) electrons. The Labute approximate surface area is 116 Å². The van der Waals surface area contributed by atoms with Gasteiger partial charge in [0.15, 0.2) is 0 Å². The first-order valence-corrected chi connectivity index (χ1v) is 6.41. The Hall–Kier alpha value is -1.56. The van der Waals surface area contributed by atoms with Gasteiger partial charge in [-0.1, -0.05) is 25.1 Å². The number of carbonyl (C=O) groups is 1. The molecule has 0 saturated heterocycles. The number of carbonyl (C=O) groups excluding carboxylic acids is 1. The third-order valence-corrected chi connectivity index (χ3v) is 2.77. The first-order valence-electron chi connectivity index (χ1n) is 6.41. The van der Waals surface area contributed by atoms with Crippen LogP contribution in [-0.2, 0) is 22.3 Å². The Balaban J connectivity index is 2.73. The van der Waals surface area contributed by atoms with Crippen molar-refractivity contribution in [2.24, 2.45) is 0 Å². The molecule has 0 atom stereocenters. The molecule has 0 spiro atoms. The summed E-state index contributed by atoms with van der Waals surface area (Å²) in [6.07, 6.45) is -4.35. The fourth-order valence-electron chi connectivity index (χ4n) is 1.77. The van der Waals surface area contributed by atoms with Crippen molar-refractivity contribution in [3.05, 3.63) is 35.4 Å². The third-order valence-electron chi connectivity index (χ3n) is 2.77. The van der Waals surface area contributed by atoms with E-state index in [-0.39, 0.29) is 19.1 Å². The zero-order valence-corrected chi connectivity index (χ0v) is 11.5. The number of hydrogen-bond acceptors (Lipinski definition) is 3. The smallest absolute Gasteiger partial charge is 0.416 e. The van der Waals surface area contributed by atoms with Crippen LogP contribution in [0.1, 0.15) is 25.0 Å². The van der Waals surface area contributed by atoms with Crippen LogP contribution in [0.5, 0.6) is 0 Å². The number of halogens is 3. The van der Waals surface area contributed by atoms with E-state index in [0.717, 1.165) is 12.1 Å². The third kappa shape index (κ3) is 5.21. The summed E-state index contributed by atoms with van der Waals surface area (Å²) in [5.74, 6) is -0.374. The highest BCUT2D eigenvalue weighted by molar-refractivity contribution is 5.71. The van der Waals surface area contributed by atoms with Crippen LogP contribution in [0.3, 0.4) is 0 Å². The quantitative estimate of drug-likeness (QED) is 0.754. The average Bonchev–Trinajstić information content (AvgIpc) is 2.37. The fraction of sp³-hybridized carbons (Fsp3) is 0.500. The molecule has 0 aliphatic carbocycles. The minimum absolute atomic E-state index is 0.0700. The van der Waals surface area contributed by atoms with E-state index >= 15 is 0 Å². The highest BCUT2D eigenvalue weighted by Crippen LogP contribution is 2.29. The largest absolute Gasteiger partial charge is 0.465 e. The molecule has 1 aromatic carbocycles. The van der Waals surface area contributed by atoms with E-state index in [2.05, 4.69) is 0 Å². The predicted octanol–water partition coefficient (Wildman–Crippen LogP) is 3.09. The lowest BCUT2D eigenvalue weighted by atomic mass is 10.1. The van der Waals surface area contributed by atoms with Gasteiger partial charge in [0.05, 0.1) is 18.7 Å². The van der Waals surface area contributed by atoms with Gasteiger partial charge in [-0.3, -0.25) is 9.69 Å². The maximum absolute atomic E-state index is 12.6. The number of likely N-dealkylation sites (N-methyl/N-ethyl adjacent to an activating group) is 1. The zero-order chi connectivity index (χ0) is 15.2. The standard InChI is InChI=1S/C14H18F3NO2/c1-3-18(10-13(19)20-4-2)9-11-6-5-7-12(8-11)14(15,16)17/h5-8H,3-4,9-10H2,1-2H3. The van der Waals surface area contributed by atoms with Gasteiger partial charge >= 0.3 is 12.1 Å². The van der Waals surface area contributed by atoms with Crippen molar-refractivity contribution in [3.63, 3.8) is 0 Å². The Bertz CT molecular complexity index is 446. The molecule has 20 heavy (non-hydrogen) atoms. The van der Waals surface area contributed by atoms with E-state index < -0.39 is 11.7 Å². The minimum atomic E-state index is -4.35. The summed E-state index contributed by atoms with van der Waals surface area (Å²) in [6, 6.07) is 5.12. The molecule has 0 aliphatic rings. The summed E-state index contributed by atoms with van der Waals surface area (Å²) in [4.78, 5) is 13.1. The van der Waals surface area contributed by atoms with Crippen molar-refractivity contribution < 1.29 is 22.7 Å². The number of rotatable bonds is 6. The van der Waals surface area contributed by atoms with Crippen LogP contribution >= 0.6 is 0 Å². The molecule has 1 aromatic rings. The number of ether oxygens (including phenoxy) is 1. The molecule has 0 aromatic heterocycles. The lowest BCUT2D eigenvalue weighted by Gasteiger charge is -2.19. The second-order valence-corrected chi connectivity index (χ2v) is 4.31. The van der Waals surface area contributed by atoms with E-state index in [4.69, 9.17) is 4.74 Å². The van der Waals surface area contributed by atoms with Crippen molar-refractivity contribution in [1.29, 1.82) is 0 Å². The van der Waals surface area contributed by atoms with Crippen molar-refractivity contribution >= 4 is 5.97 Å². The summed E-state index contributed by atoms with van der Waals surface area (Å²) in [5, 5.41) is 0. The van der Waals surface area contributed by atoms with E-state index in [1.54, 1.807) is 17.9 Å². The topological polar surface area (TPSA) is 29.5 Å². The van der Waals surface area contributed by atoms with Crippen molar-refractivity contribution in [3.8, 4) is 0 Å². The Morgan fingerprint density at radius 2 is 2.00 bits per heavy atom. The number of alkyl halides is 3. The maximum Gasteiger partial charge on any atom is 0.416 e. The molecule has 3 nitrogen and oxygen atoms in total. The van der Waals surface area contributed by atoms with Crippen LogP contribution in [0.25, 0.3) is 0 Å². The van der Waals surface area contributed by atoms with Crippen LogP contribution in [-0.4, -0.2) is 30.6 Å². The molecular weight excluding hydrogens is 271 g/mol. The molecular formula is C14H18F3NO2. The number of benzene rings is 1. The van der Waals surface area contributed by atoms with E-state index in [9.17, 15) is 18.0 Å². The van der Waals surface area contributed by atoms with Crippen LogP contribution in [0.15, 0.2) is 24.3 Å². The van der Waals surface area contributed by atoms with E-state index in [1.165, 1.54) is 6.07 Å². The molecule has 0 N–H and O–H groups in total. The molecule has 0 bridgehead atoms. The van der Waals surface area contributed by atoms with Gasteiger partial charge in [0.1, 0.15) is 0 Å². The van der Waals surface area contributed by atoms with Crippen molar-refractivity contribution in [2.75, 3.05) is 19.7 Å². The highest BCUT2D eigenvalue weighted by atomic mass is 19.4. The number of nitrogens with zero attached hydrogens (tertiary/aromatic N) is 1. The van der Waals surface area contributed by atoms with Gasteiger partial charge in [-0.25, -0.2) is 0 Å². The second-order valence-electron chi connectivity index (χ2n) is 4.31. The molecule has 0 fully saturated rings. The number of hydrogen-bond donors (Lipinski definition) is 0. The van der Waals surface area contributed by atoms with Crippen LogP contribution in [0.4, 0.5) is 13.2 Å². The molecule has 0 saturated carbocycles. The van der Waals surface area contributed by atoms with Gasteiger partial charge in [-0.2, -0.15) is 13.2 Å². The van der Waals surface area contributed by atoms with Crippen molar-refractivity contribution in [2.45, 2.75) is 26.6 Å². The Morgan fingerprint density at radius 3 is 2.55 bits per heavy atom. The van der Waals surface area contributed by atoms with Gasteiger partial charge in [0, 0.05) is 6.54 Å². The highest BCUT2D eigenvalue weighted by Gasteiger charge is 2.30. The molecule has 0 aliphatic heterocycles. The van der Waals surface area contributed by atoms with Crippen molar-refractivity contribution in [1.82, 2.24) is 4.90 Å². The maximum atomic E-state index is 12.6. The lowest BCUT2D eigenvalue weighted by molar-refractivity contribution is -0.144. The van der Waals surface area contributed by atoms with Gasteiger partial charge in [0.2, 0.25) is 0 Å². The summed E-state index contributed by atoms with van der Waals surface area (Å²) >= 11 is 0. The first kappa shape index (κ1) is 16.5. The molecule has 6 heteroatoms. The molecule has 0 heterocycles. The van der Waals surface area contributed by atoms with Gasteiger partial charge in [0.25, 0.3) is 0 Å². The monoisotopic (exact) mass is 289 g/mol. The molecule has 1 rings (SSSR count). The van der Waals surface area contributed by atoms with E-state index in [1.807, 2.05) is 6.92 Å². The summed E-state index contributed by atoms with van der Waals surface area (Å²) in [5.41, 5.74) is -0.159. The first-order chi connectivity index (χ1) is 9.36. The number of esters is 1. The fourth-order valence-corrected chi connectivity index (χ4v) is 1.77. The molecule has 0 unspecified atom stereocenters. The SMILES string of the molecule is CCOC(=O)CN(CC)Cc1cccc(C(F)(F)F)c1. The molecule has 0 amide bonds. The van der Waals surface area contributed by atoms with Gasteiger partial charge < -0.3 is 4.74 Å².